The van der Waals surface area contributed by atoms with Crippen LogP contribution in [0.5, 0.6) is 0 Å². The van der Waals surface area contributed by atoms with Gasteiger partial charge in [-0.2, -0.15) is 0 Å². The molecule has 1 rings (SSSR count). The van der Waals surface area contributed by atoms with Crippen LogP contribution in [0.1, 0.15) is 46.2 Å². The van der Waals surface area contributed by atoms with E-state index in [2.05, 4.69) is 0 Å². The lowest BCUT2D eigenvalue weighted by atomic mass is 10.1. The molecule has 0 amide bonds. The lowest BCUT2D eigenvalue weighted by molar-refractivity contribution is -0.151. The molecule has 1 unspecified atom stereocenters. The maximum atomic E-state index is 10.2. The first-order valence-corrected chi connectivity index (χ1v) is 5.72. The third kappa shape index (κ3) is 9.57. The van der Waals surface area contributed by atoms with Crippen molar-refractivity contribution < 1.29 is 9.53 Å². The average molecular weight is 237 g/mol. The van der Waals surface area contributed by atoms with Crippen LogP contribution in [-0.4, -0.2) is 11.6 Å². The molecule has 0 aliphatic heterocycles. The molecule has 3 nitrogen and oxygen atoms in total. The maximum Gasteiger partial charge on any atom is 0.303 e. The second-order valence-corrected chi connectivity index (χ2v) is 4.91. The van der Waals surface area contributed by atoms with E-state index >= 15 is 0 Å². The van der Waals surface area contributed by atoms with Crippen molar-refractivity contribution >= 4 is 5.97 Å². The zero-order valence-electron chi connectivity index (χ0n) is 11.4. The number of esters is 1. The summed E-state index contributed by atoms with van der Waals surface area (Å²) < 4.78 is 4.80. The van der Waals surface area contributed by atoms with E-state index in [1.165, 1.54) is 12.5 Å². The van der Waals surface area contributed by atoms with E-state index in [0.29, 0.717) is 0 Å². The van der Waals surface area contributed by atoms with Crippen LogP contribution in [0, 0.1) is 0 Å². The summed E-state index contributed by atoms with van der Waals surface area (Å²) in [6, 6.07) is 10.2. The third-order valence-corrected chi connectivity index (χ3v) is 1.78. The zero-order chi connectivity index (χ0) is 13.5. The van der Waals surface area contributed by atoms with Crippen LogP contribution < -0.4 is 5.73 Å². The summed E-state index contributed by atoms with van der Waals surface area (Å²) in [5.74, 6) is -0.225. The predicted molar refractivity (Wildman–Crippen MR) is 70.6 cm³/mol. The third-order valence-electron chi connectivity index (χ3n) is 1.78. The first-order chi connectivity index (χ1) is 7.72. The molecule has 3 heteroatoms. The van der Waals surface area contributed by atoms with Crippen molar-refractivity contribution in [3.8, 4) is 0 Å². The zero-order valence-corrected chi connectivity index (χ0v) is 11.4. The molecule has 1 aromatic carbocycles. The summed E-state index contributed by atoms with van der Waals surface area (Å²) >= 11 is 0. The van der Waals surface area contributed by atoms with E-state index in [-0.39, 0.29) is 17.6 Å². The SMILES string of the molecule is CC(=O)OC(C)(C)C.CC(N)c1ccccc1. The van der Waals surface area contributed by atoms with Crippen molar-refractivity contribution in [2.45, 2.75) is 46.3 Å². The Kier molecular flexibility index (Phi) is 6.51. The van der Waals surface area contributed by atoms with Gasteiger partial charge in [0.25, 0.3) is 0 Å². The normalized spacial score (nSPS) is 12.1. The van der Waals surface area contributed by atoms with Crippen LogP contribution in [-0.2, 0) is 9.53 Å². The topological polar surface area (TPSA) is 52.3 Å². The quantitative estimate of drug-likeness (QED) is 0.764. The molecule has 0 spiro atoms. The smallest absolute Gasteiger partial charge is 0.303 e. The van der Waals surface area contributed by atoms with Gasteiger partial charge in [0.05, 0.1) is 0 Å². The van der Waals surface area contributed by atoms with Crippen molar-refractivity contribution in [2.24, 2.45) is 5.73 Å². The van der Waals surface area contributed by atoms with Gasteiger partial charge in [-0.25, -0.2) is 0 Å². The minimum atomic E-state index is -0.328. The van der Waals surface area contributed by atoms with Gasteiger partial charge in [0.15, 0.2) is 0 Å². The Labute approximate surface area is 104 Å². The molecule has 0 saturated carbocycles. The van der Waals surface area contributed by atoms with Gasteiger partial charge in [-0.1, -0.05) is 30.3 Å². The van der Waals surface area contributed by atoms with E-state index in [0.717, 1.165) is 0 Å². The van der Waals surface area contributed by atoms with E-state index in [4.69, 9.17) is 10.5 Å². The predicted octanol–water partition coefficient (Wildman–Crippen LogP) is 3.05. The number of hydrogen-bond acceptors (Lipinski definition) is 3. The van der Waals surface area contributed by atoms with Gasteiger partial charge in [0.2, 0.25) is 0 Å². The molecule has 0 fully saturated rings. The standard InChI is InChI=1S/C8H11N.C6H12O2/c1-7(9)8-5-3-2-4-6-8;1-5(7)8-6(2,3)4/h2-7H,9H2,1H3;1-4H3. The van der Waals surface area contributed by atoms with Crippen molar-refractivity contribution in [2.75, 3.05) is 0 Å². The molecule has 0 aliphatic carbocycles. The van der Waals surface area contributed by atoms with Crippen LogP contribution in [0.3, 0.4) is 0 Å². The molecule has 0 bridgehead atoms. The van der Waals surface area contributed by atoms with Gasteiger partial charge in [0, 0.05) is 13.0 Å². The molecule has 0 aromatic heterocycles. The van der Waals surface area contributed by atoms with E-state index in [1.807, 2.05) is 58.0 Å². The summed E-state index contributed by atoms with van der Waals surface area (Å²) in [5.41, 5.74) is 6.48. The van der Waals surface area contributed by atoms with Gasteiger partial charge in [-0.3, -0.25) is 4.79 Å². The van der Waals surface area contributed by atoms with Crippen LogP contribution in [0.15, 0.2) is 30.3 Å². The largest absolute Gasteiger partial charge is 0.460 e. The van der Waals surface area contributed by atoms with Crippen molar-refractivity contribution in [1.29, 1.82) is 0 Å². The number of hydrogen-bond donors (Lipinski definition) is 1. The van der Waals surface area contributed by atoms with E-state index < -0.39 is 0 Å². The summed E-state index contributed by atoms with van der Waals surface area (Å²) in [7, 11) is 0. The lowest BCUT2D eigenvalue weighted by Crippen LogP contribution is -2.21. The van der Waals surface area contributed by atoms with Gasteiger partial charge >= 0.3 is 5.97 Å². The van der Waals surface area contributed by atoms with E-state index in [1.54, 1.807) is 0 Å². The van der Waals surface area contributed by atoms with Crippen LogP contribution >= 0.6 is 0 Å². The molecule has 2 N–H and O–H groups in total. The summed E-state index contributed by atoms with van der Waals surface area (Å²) in [6.07, 6.45) is 0. The molecule has 1 atom stereocenters. The van der Waals surface area contributed by atoms with E-state index in [9.17, 15) is 4.79 Å². The Balaban J connectivity index is 0.000000304. The molecule has 0 aliphatic rings. The Morgan fingerprint density at radius 1 is 1.24 bits per heavy atom. The number of carbonyl (C=O) groups is 1. The molecular formula is C14H23NO2. The second-order valence-electron chi connectivity index (χ2n) is 4.91. The minimum absolute atomic E-state index is 0.159. The Morgan fingerprint density at radius 3 is 1.88 bits per heavy atom. The number of benzene rings is 1. The average Bonchev–Trinajstić information content (AvgIpc) is 2.16. The van der Waals surface area contributed by atoms with Gasteiger partial charge in [-0.05, 0) is 33.3 Å². The molecule has 1 aromatic rings. The number of ether oxygens (including phenoxy) is 1. The second kappa shape index (κ2) is 7.07. The minimum Gasteiger partial charge on any atom is -0.460 e. The Bertz CT molecular complexity index is 326. The summed E-state index contributed by atoms with van der Waals surface area (Å²) in [6.45, 7) is 8.91. The van der Waals surface area contributed by atoms with Crippen molar-refractivity contribution in [1.82, 2.24) is 0 Å². The Morgan fingerprint density at radius 2 is 1.71 bits per heavy atom. The molecule has 0 radical (unpaired) electrons. The fourth-order valence-electron chi connectivity index (χ4n) is 1.19. The fourth-order valence-corrected chi connectivity index (χ4v) is 1.19. The molecule has 17 heavy (non-hydrogen) atoms. The number of nitrogens with two attached hydrogens (primary N) is 1. The first kappa shape index (κ1) is 15.7. The van der Waals surface area contributed by atoms with Crippen molar-refractivity contribution in [3.05, 3.63) is 35.9 Å². The highest BCUT2D eigenvalue weighted by Crippen LogP contribution is 2.06. The number of rotatable bonds is 1. The van der Waals surface area contributed by atoms with Crippen LogP contribution in [0.4, 0.5) is 0 Å². The maximum absolute atomic E-state index is 10.2. The highest BCUT2D eigenvalue weighted by atomic mass is 16.6. The van der Waals surface area contributed by atoms with Crippen LogP contribution in [0.2, 0.25) is 0 Å². The summed E-state index contributed by atoms with van der Waals surface area (Å²) in [5, 5.41) is 0. The number of carbonyl (C=O) groups excluding carboxylic acids is 1. The fraction of sp³-hybridized carbons (Fsp3) is 0.500. The van der Waals surface area contributed by atoms with Crippen LogP contribution in [0.25, 0.3) is 0 Å². The first-order valence-electron chi connectivity index (χ1n) is 5.72. The van der Waals surface area contributed by atoms with Gasteiger partial charge in [0.1, 0.15) is 5.60 Å². The lowest BCUT2D eigenvalue weighted by Gasteiger charge is -2.17. The van der Waals surface area contributed by atoms with Gasteiger partial charge < -0.3 is 10.5 Å². The highest BCUT2D eigenvalue weighted by Gasteiger charge is 2.11. The Hall–Kier alpha value is -1.35. The monoisotopic (exact) mass is 237 g/mol. The molecule has 96 valence electrons. The van der Waals surface area contributed by atoms with Gasteiger partial charge in [-0.15, -0.1) is 0 Å². The highest BCUT2D eigenvalue weighted by molar-refractivity contribution is 5.66. The molecule has 0 heterocycles. The summed E-state index contributed by atoms with van der Waals surface area (Å²) in [4.78, 5) is 10.2. The molecule has 0 saturated heterocycles. The van der Waals surface area contributed by atoms with Crippen molar-refractivity contribution in [3.63, 3.8) is 0 Å². The molecular weight excluding hydrogens is 214 g/mol.